The van der Waals surface area contributed by atoms with Gasteiger partial charge < -0.3 is 16.0 Å². The predicted octanol–water partition coefficient (Wildman–Crippen LogP) is 0.748. The van der Waals surface area contributed by atoms with E-state index in [-0.39, 0.29) is 18.1 Å². The molecule has 0 radical (unpaired) electrons. The second-order valence-corrected chi connectivity index (χ2v) is 4.27. The molecule has 4 nitrogen and oxygen atoms in total. The molecule has 0 saturated carbocycles. The molecule has 1 saturated heterocycles. The zero-order valence-corrected chi connectivity index (χ0v) is 10.0. The third kappa shape index (κ3) is 2.15. The lowest BCUT2D eigenvalue weighted by molar-refractivity contribution is -0.122. The van der Waals surface area contributed by atoms with Crippen LogP contribution in [-0.4, -0.2) is 25.0 Å². The van der Waals surface area contributed by atoms with Crippen LogP contribution in [0.5, 0.6) is 0 Å². The van der Waals surface area contributed by atoms with Crippen LogP contribution in [0.3, 0.4) is 0 Å². The minimum absolute atomic E-state index is 0.0736. The van der Waals surface area contributed by atoms with Crippen molar-refractivity contribution in [3.63, 3.8) is 0 Å². The number of hydrogen-bond donors (Lipinski definition) is 2. The quantitative estimate of drug-likeness (QED) is 0.820. The van der Waals surface area contributed by atoms with Crippen LogP contribution in [0.4, 0.5) is 14.5 Å². The number of halogens is 2. The van der Waals surface area contributed by atoms with E-state index in [1.807, 2.05) is 0 Å². The lowest BCUT2D eigenvalue weighted by Crippen LogP contribution is -2.54. The summed E-state index contributed by atoms with van der Waals surface area (Å²) in [4.78, 5) is 12.9. The van der Waals surface area contributed by atoms with Crippen molar-refractivity contribution in [1.29, 1.82) is 0 Å². The highest BCUT2D eigenvalue weighted by Gasteiger charge is 2.29. The standard InChI is InChI=1S/C12H15F2N3O/c1-7-12(18)16-2-3-17(7)11-9(13)4-8(6-15)5-10(11)14/h4-5,7H,2-3,6,15H2,1H3,(H,16,18). The fourth-order valence-electron chi connectivity index (χ4n) is 2.10. The van der Waals surface area contributed by atoms with Crippen molar-refractivity contribution < 1.29 is 13.6 Å². The van der Waals surface area contributed by atoms with Crippen LogP contribution >= 0.6 is 0 Å². The van der Waals surface area contributed by atoms with Crippen LogP contribution in [0, 0.1) is 11.6 Å². The Bertz CT molecular complexity index is 455. The average molecular weight is 255 g/mol. The Balaban J connectivity index is 2.41. The normalized spacial score (nSPS) is 19.9. The SMILES string of the molecule is CC1C(=O)NCCN1c1c(F)cc(CN)cc1F. The number of carbonyl (C=O) groups excluding carboxylic acids is 1. The summed E-state index contributed by atoms with van der Waals surface area (Å²) in [7, 11) is 0. The van der Waals surface area contributed by atoms with E-state index in [2.05, 4.69) is 5.32 Å². The van der Waals surface area contributed by atoms with Crippen molar-refractivity contribution >= 4 is 11.6 Å². The Hall–Kier alpha value is -1.69. The maximum atomic E-state index is 13.9. The van der Waals surface area contributed by atoms with Gasteiger partial charge in [-0.25, -0.2) is 8.78 Å². The molecule has 1 amide bonds. The van der Waals surface area contributed by atoms with Crippen molar-refractivity contribution in [3.8, 4) is 0 Å². The van der Waals surface area contributed by atoms with Crippen LogP contribution in [0.2, 0.25) is 0 Å². The van der Waals surface area contributed by atoms with Crippen LogP contribution < -0.4 is 16.0 Å². The van der Waals surface area contributed by atoms with E-state index in [0.717, 1.165) is 0 Å². The molecule has 1 atom stereocenters. The zero-order chi connectivity index (χ0) is 13.3. The number of anilines is 1. The summed E-state index contributed by atoms with van der Waals surface area (Å²) in [6.07, 6.45) is 0. The third-order valence-corrected chi connectivity index (χ3v) is 3.10. The lowest BCUT2D eigenvalue weighted by atomic mass is 10.1. The number of amides is 1. The smallest absolute Gasteiger partial charge is 0.242 e. The lowest BCUT2D eigenvalue weighted by Gasteiger charge is -2.35. The van der Waals surface area contributed by atoms with Gasteiger partial charge in [0.05, 0.1) is 0 Å². The Morgan fingerprint density at radius 1 is 1.44 bits per heavy atom. The number of rotatable bonds is 2. The summed E-state index contributed by atoms with van der Waals surface area (Å²) in [5.41, 5.74) is 5.59. The molecule has 1 aliphatic rings. The summed E-state index contributed by atoms with van der Waals surface area (Å²) in [5, 5.41) is 2.65. The topological polar surface area (TPSA) is 58.4 Å². The Morgan fingerprint density at radius 2 is 2.06 bits per heavy atom. The first-order valence-corrected chi connectivity index (χ1v) is 5.77. The van der Waals surface area contributed by atoms with Gasteiger partial charge in [-0.2, -0.15) is 0 Å². The highest BCUT2D eigenvalue weighted by molar-refractivity contribution is 5.86. The van der Waals surface area contributed by atoms with Crippen LogP contribution in [-0.2, 0) is 11.3 Å². The number of benzene rings is 1. The van der Waals surface area contributed by atoms with E-state index < -0.39 is 17.7 Å². The Labute approximate surface area is 104 Å². The number of nitrogens with zero attached hydrogens (tertiary/aromatic N) is 1. The van der Waals surface area contributed by atoms with Crippen molar-refractivity contribution in [1.82, 2.24) is 5.32 Å². The molecule has 1 aromatic carbocycles. The minimum atomic E-state index is -0.683. The fraction of sp³-hybridized carbons (Fsp3) is 0.417. The van der Waals surface area contributed by atoms with Gasteiger partial charge in [-0.15, -0.1) is 0 Å². The van der Waals surface area contributed by atoms with Gasteiger partial charge >= 0.3 is 0 Å². The Morgan fingerprint density at radius 3 is 2.61 bits per heavy atom. The maximum absolute atomic E-state index is 13.9. The molecular weight excluding hydrogens is 240 g/mol. The monoisotopic (exact) mass is 255 g/mol. The molecule has 0 aliphatic carbocycles. The van der Waals surface area contributed by atoms with E-state index in [0.29, 0.717) is 18.7 Å². The van der Waals surface area contributed by atoms with Crippen molar-refractivity contribution in [2.24, 2.45) is 5.73 Å². The zero-order valence-electron chi connectivity index (χ0n) is 10.0. The van der Waals surface area contributed by atoms with Crippen molar-refractivity contribution in [2.45, 2.75) is 19.5 Å². The van der Waals surface area contributed by atoms with Gasteiger partial charge in [-0.3, -0.25) is 4.79 Å². The van der Waals surface area contributed by atoms with Crippen LogP contribution in [0.1, 0.15) is 12.5 Å². The molecule has 0 aromatic heterocycles. The third-order valence-electron chi connectivity index (χ3n) is 3.10. The molecule has 2 rings (SSSR count). The molecular formula is C12H15F2N3O. The molecule has 0 bridgehead atoms. The number of piperazine rings is 1. The van der Waals surface area contributed by atoms with Crippen LogP contribution in [0.15, 0.2) is 12.1 Å². The number of carbonyl (C=O) groups is 1. The highest BCUT2D eigenvalue weighted by Crippen LogP contribution is 2.27. The van der Waals surface area contributed by atoms with E-state index in [9.17, 15) is 13.6 Å². The van der Waals surface area contributed by atoms with E-state index >= 15 is 0 Å². The fourth-order valence-corrected chi connectivity index (χ4v) is 2.10. The van der Waals surface area contributed by atoms with Crippen LogP contribution in [0.25, 0.3) is 0 Å². The van der Waals surface area contributed by atoms with E-state index in [1.165, 1.54) is 17.0 Å². The number of hydrogen-bond acceptors (Lipinski definition) is 3. The number of nitrogens with one attached hydrogen (secondary N) is 1. The molecule has 0 spiro atoms. The van der Waals surface area contributed by atoms with Gasteiger partial charge in [0.15, 0.2) is 0 Å². The largest absolute Gasteiger partial charge is 0.353 e. The molecule has 1 unspecified atom stereocenters. The molecule has 98 valence electrons. The first kappa shape index (κ1) is 12.8. The van der Waals surface area contributed by atoms with Gasteiger partial charge in [-0.1, -0.05) is 0 Å². The predicted molar refractivity (Wildman–Crippen MR) is 64.1 cm³/mol. The minimum Gasteiger partial charge on any atom is -0.353 e. The van der Waals surface area contributed by atoms with Crippen molar-refractivity contribution in [3.05, 3.63) is 29.3 Å². The first-order chi connectivity index (χ1) is 8.54. The van der Waals surface area contributed by atoms with Gasteiger partial charge in [0.2, 0.25) is 5.91 Å². The second-order valence-electron chi connectivity index (χ2n) is 4.27. The van der Waals surface area contributed by atoms with Gasteiger partial charge in [0, 0.05) is 19.6 Å². The first-order valence-electron chi connectivity index (χ1n) is 5.77. The summed E-state index contributed by atoms with van der Waals surface area (Å²) >= 11 is 0. The van der Waals surface area contributed by atoms with E-state index in [1.54, 1.807) is 6.92 Å². The summed E-state index contributed by atoms with van der Waals surface area (Å²) in [5.74, 6) is -1.60. The summed E-state index contributed by atoms with van der Waals surface area (Å²) < 4.78 is 27.8. The molecule has 3 N–H and O–H groups in total. The van der Waals surface area contributed by atoms with Gasteiger partial charge in [0.25, 0.3) is 0 Å². The molecule has 1 fully saturated rings. The average Bonchev–Trinajstić information content (AvgIpc) is 2.33. The molecule has 1 aliphatic heterocycles. The summed E-state index contributed by atoms with van der Waals surface area (Å²) in [6.45, 7) is 2.44. The number of nitrogens with two attached hydrogens (primary N) is 1. The molecule has 1 heterocycles. The second kappa shape index (κ2) is 4.89. The molecule has 6 heteroatoms. The summed E-state index contributed by atoms with van der Waals surface area (Å²) in [6, 6.07) is 1.82. The van der Waals surface area contributed by atoms with Gasteiger partial charge in [0.1, 0.15) is 23.4 Å². The maximum Gasteiger partial charge on any atom is 0.242 e. The van der Waals surface area contributed by atoms with Gasteiger partial charge in [-0.05, 0) is 24.6 Å². The van der Waals surface area contributed by atoms with Crippen molar-refractivity contribution in [2.75, 3.05) is 18.0 Å². The highest BCUT2D eigenvalue weighted by atomic mass is 19.1. The molecule has 18 heavy (non-hydrogen) atoms. The molecule has 1 aromatic rings. The Kier molecular flexibility index (Phi) is 3.47. The van der Waals surface area contributed by atoms with E-state index in [4.69, 9.17) is 5.73 Å².